The standard InChI is InChI=1S/C7H16N2.2C6H14N2.2H2/c1-6-5-9(3)7(2)4-8-6;1-7-3-5-8(2)6-4-7;1-6-5-8(2)4-3-7-6;;/h6-8H,4-5H2,1-3H3;3-6H2,1-2H3;6-7H,3-5H2,1-2H3;2*1H. The van der Waals surface area contributed by atoms with Crippen molar-refractivity contribution in [2.45, 2.75) is 38.9 Å². The Labute approximate surface area is 159 Å². The van der Waals surface area contributed by atoms with E-state index in [0.717, 1.165) is 13.1 Å². The molecule has 0 amide bonds. The zero-order chi connectivity index (χ0) is 18.8. The lowest BCUT2D eigenvalue weighted by molar-refractivity contribution is 0.181. The van der Waals surface area contributed by atoms with Gasteiger partial charge in [-0.2, -0.15) is 0 Å². The van der Waals surface area contributed by atoms with Crippen molar-refractivity contribution in [2.75, 3.05) is 87.1 Å². The van der Waals surface area contributed by atoms with Crippen molar-refractivity contribution in [3.8, 4) is 0 Å². The van der Waals surface area contributed by atoms with E-state index in [4.69, 9.17) is 0 Å². The van der Waals surface area contributed by atoms with Gasteiger partial charge in [-0.25, -0.2) is 0 Å². The van der Waals surface area contributed by atoms with Gasteiger partial charge in [-0.3, -0.25) is 0 Å². The van der Waals surface area contributed by atoms with Crippen molar-refractivity contribution >= 4 is 0 Å². The van der Waals surface area contributed by atoms with Gasteiger partial charge in [-0.15, -0.1) is 0 Å². The van der Waals surface area contributed by atoms with Crippen LogP contribution in [0.5, 0.6) is 0 Å². The van der Waals surface area contributed by atoms with E-state index in [0.29, 0.717) is 18.1 Å². The van der Waals surface area contributed by atoms with Gasteiger partial charge in [0.1, 0.15) is 0 Å². The molecule has 3 heterocycles. The summed E-state index contributed by atoms with van der Waals surface area (Å²) in [6, 6.07) is 2.07. The number of nitrogens with zero attached hydrogens (tertiary/aromatic N) is 4. The maximum absolute atomic E-state index is 3.42. The third-order valence-electron chi connectivity index (χ3n) is 5.37. The molecule has 154 valence electrons. The Bertz CT molecular complexity index is 324. The van der Waals surface area contributed by atoms with Crippen molar-refractivity contribution < 1.29 is 2.85 Å². The van der Waals surface area contributed by atoms with E-state index in [1.54, 1.807) is 0 Å². The van der Waals surface area contributed by atoms with Crippen LogP contribution >= 0.6 is 0 Å². The normalized spacial score (nSPS) is 33.0. The first-order valence-electron chi connectivity index (χ1n) is 10.0. The lowest BCUT2D eigenvalue weighted by Crippen LogP contribution is -2.52. The van der Waals surface area contributed by atoms with Crippen LogP contribution in [0.3, 0.4) is 0 Å². The Balaban J connectivity index is 0. The van der Waals surface area contributed by atoms with Gasteiger partial charge in [0.15, 0.2) is 0 Å². The summed E-state index contributed by atoms with van der Waals surface area (Å²) in [6.45, 7) is 17.5. The Morgan fingerprint density at radius 3 is 1.56 bits per heavy atom. The smallest absolute Gasteiger partial charge is 0.0190 e. The van der Waals surface area contributed by atoms with E-state index in [1.807, 2.05) is 0 Å². The molecular weight excluding hydrogens is 312 g/mol. The summed E-state index contributed by atoms with van der Waals surface area (Å²) >= 11 is 0. The van der Waals surface area contributed by atoms with Gasteiger partial charge < -0.3 is 30.2 Å². The summed E-state index contributed by atoms with van der Waals surface area (Å²) in [7, 11) is 8.69. The van der Waals surface area contributed by atoms with Gasteiger partial charge >= 0.3 is 0 Å². The summed E-state index contributed by atoms with van der Waals surface area (Å²) in [5.41, 5.74) is 0. The van der Waals surface area contributed by atoms with Gasteiger partial charge in [-0.1, -0.05) is 0 Å². The minimum absolute atomic E-state index is 0. The third-order valence-corrected chi connectivity index (χ3v) is 5.37. The predicted molar refractivity (Wildman–Crippen MR) is 114 cm³/mol. The molecule has 0 aromatic heterocycles. The molecule has 3 fully saturated rings. The Kier molecular flexibility index (Phi) is 11.1. The van der Waals surface area contributed by atoms with Gasteiger partial charge in [0.25, 0.3) is 0 Å². The number of hydrogen-bond acceptors (Lipinski definition) is 6. The fourth-order valence-electron chi connectivity index (χ4n) is 3.24. The van der Waals surface area contributed by atoms with Crippen LogP contribution in [-0.4, -0.2) is 125 Å². The van der Waals surface area contributed by atoms with Crippen LogP contribution in [0.1, 0.15) is 23.6 Å². The number of rotatable bonds is 0. The first-order valence-corrected chi connectivity index (χ1v) is 10.0. The van der Waals surface area contributed by atoms with Crippen molar-refractivity contribution in [3.05, 3.63) is 0 Å². The lowest BCUT2D eigenvalue weighted by Gasteiger charge is -2.34. The molecule has 6 heteroatoms. The van der Waals surface area contributed by atoms with E-state index in [9.17, 15) is 0 Å². The molecule has 3 unspecified atom stereocenters. The van der Waals surface area contributed by atoms with E-state index >= 15 is 0 Å². The minimum Gasteiger partial charge on any atom is -0.312 e. The Hall–Kier alpha value is -0.240. The molecular formula is C19H48N6. The second-order valence-electron chi connectivity index (χ2n) is 8.32. The summed E-state index contributed by atoms with van der Waals surface area (Å²) in [5.74, 6) is 0. The molecule has 0 spiro atoms. The zero-order valence-electron chi connectivity index (χ0n) is 17.9. The van der Waals surface area contributed by atoms with Crippen LogP contribution in [0.15, 0.2) is 0 Å². The fourth-order valence-corrected chi connectivity index (χ4v) is 3.24. The van der Waals surface area contributed by atoms with Gasteiger partial charge in [-0.05, 0) is 49.0 Å². The van der Waals surface area contributed by atoms with E-state index in [2.05, 4.69) is 79.2 Å². The highest BCUT2D eigenvalue weighted by atomic mass is 15.2. The molecule has 3 aliphatic rings. The van der Waals surface area contributed by atoms with Crippen LogP contribution in [0.2, 0.25) is 0 Å². The molecule has 0 saturated carbocycles. The number of hydrogen-bond donors (Lipinski definition) is 2. The summed E-state index contributed by atoms with van der Waals surface area (Å²) in [5, 5.41) is 6.79. The largest absolute Gasteiger partial charge is 0.312 e. The topological polar surface area (TPSA) is 37.0 Å². The summed E-state index contributed by atoms with van der Waals surface area (Å²) < 4.78 is 0. The highest BCUT2D eigenvalue weighted by molar-refractivity contribution is 4.78. The first-order chi connectivity index (χ1) is 11.8. The maximum Gasteiger partial charge on any atom is 0.0190 e. The molecule has 0 aromatic carbocycles. The average Bonchev–Trinajstić information content (AvgIpc) is 2.55. The van der Waals surface area contributed by atoms with E-state index < -0.39 is 0 Å². The molecule has 0 aliphatic carbocycles. The van der Waals surface area contributed by atoms with Crippen LogP contribution in [-0.2, 0) is 0 Å². The molecule has 25 heavy (non-hydrogen) atoms. The highest BCUT2D eigenvalue weighted by Gasteiger charge is 2.17. The van der Waals surface area contributed by atoms with Crippen molar-refractivity contribution in [3.63, 3.8) is 0 Å². The van der Waals surface area contributed by atoms with Crippen LogP contribution in [0.25, 0.3) is 0 Å². The molecule has 6 nitrogen and oxygen atoms in total. The molecule has 2 N–H and O–H groups in total. The fraction of sp³-hybridized carbons (Fsp3) is 1.00. The van der Waals surface area contributed by atoms with E-state index in [1.165, 1.54) is 45.8 Å². The zero-order valence-corrected chi connectivity index (χ0v) is 17.9. The molecule has 3 rings (SSSR count). The van der Waals surface area contributed by atoms with Crippen molar-refractivity contribution in [1.29, 1.82) is 0 Å². The third kappa shape index (κ3) is 10.5. The molecule has 3 aliphatic heterocycles. The lowest BCUT2D eigenvalue weighted by atomic mass is 10.2. The summed E-state index contributed by atoms with van der Waals surface area (Å²) in [4.78, 5) is 9.46. The quantitative estimate of drug-likeness (QED) is 0.658. The van der Waals surface area contributed by atoms with Crippen LogP contribution in [0.4, 0.5) is 0 Å². The maximum atomic E-state index is 3.42. The monoisotopic (exact) mass is 360 g/mol. The summed E-state index contributed by atoms with van der Waals surface area (Å²) in [6.07, 6.45) is 0. The second kappa shape index (κ2) is 12.2. The second-order valence-corrected chi connectivity index (χ2v) is 8.32. The SMILES string of the molecule is CC1CN(C)C(C)CN1.CC1CN(C)CCN1.CN1CCN(C)CC1.[HH].[HH]. The Morgan fingerprint density at radius 2 is 1.20 bits per heavy atom. The minimum atomic E-state index is 0. The van der Waals surface area contributed by atoms with Crippen molar-refractivity contribution in [2.24, 2.45) is 0 Å². The molecule has 0 bridgehead atoms. The number of likely N-dealkylation sites (N-methyl/N-ethyl adjacent to an activating group) is 4. The van der Waals surface area contributed by atoms with Crippen molar-refractivity contribution in [1.82, 2.24) is 30.2 Å². The number of piperazine rings is 3. The predicted octanol–water partition coefficient (Wildman–Crippen LogP) is 0.564. The van der Waals surface area contributed by atoms with Crippen LogP contribution in [0, 0.1) is 0 Å². The highest BCUT2D eigenvalue weighted by Crippen LogP contribution is 2.01. The Morgan fingerprint density at radius 1 is 0.680 bits per heavy atom. The van der Waals surface area contributed by atoms with Gasteiger partial charge in [0.05, 0.1) is 0 Å². The molecule has 0 aromatic rings. The molecule has 3 saturated heterocycles. The molecule has 0 radical (unpaired) electrons. The number of nitrogens with one attached hydrogen (secondary N) is 2. The first kappa shape index (κ1) is 22.8. The van der Waals surface area contributed by atoms with Gasteiger partial charge in [0.2, 0.25) is 0 Å². The van der Waals surface area contributed by atoms with Crippen LogP contribution < -0.4 is 10.6 Å². The average molecular weight is 361 g/mol. The molecule has 3 atom stereocenters. The van der Waals surface area contributed by atoms with Gasteiger partial charge in [0, 0.05) is 79.9 Å². The van der Waals surface area contributed by atoms with E-state index in [-0.39, 0.29) is 2.85 Å².